The second-order valence-electron chi connectivity index (χ2n) is 5.60. The molecule has 1 N–H and O–H groups in total. The zero-order chi connectivity index (χ0) is 17.0. The second-order valence-corrected chi connectivity index (χ2v) is 9.76. The molecule has 1 aliphatic heterocycles. The molecule has 2 heterocycles. The number of aromatic nitrogens is 1. The molecule has 0 radical (unpaired) electrons. The Morgan fingerprint density at radius 3 is 2.87 bits per heavy atom. The minimum Gasteiger partial charge on any atom is -0.302 e. The number of hydrogen-bond acceptors (Lipinski definition) is 6. The molecule has 1 fully saturated rings. The molecule has 1 aliphatic rings. The first-order valence-electron chi connectivity index (χ1n) is 7.67. The van der Waals surface area contributed by atoms with Crippen LogP contribution in [0, 0.1) is 12.8 Å². The number of thioether (sulfide) groups is 1. The van der Waals surface area contributed by atoms with Gasteiger partial charge in [-0.15, -0.1) is 11.8 Å². The number of hydrogen-bond donors (Lipinski definition) is 1. The molecule has 1 aromatic rings. The van der Waals surface area contributed by atoms with Crippen LogP contribution in [0.2, 0.25) is 0 Å². The molecular weight excluding hydrogens is 354 g/mol. The summed E-state index contributed by atoms with van der Waals surface area (Å²) in [5.74, 6) is -0.301. The van der Waals surface area contributed by atoms with Gasteiger partial charge in [0.15, 0.2) is 5.13 Å². The van der Waals surface area contributed by atoms with Crippen molar-refractivity contribution in [1.82, 2.24) is 9.29 Å². The summed E-state index contributed by atoms with van der Waals surface area (Å²) in [6.07, 6.45) is 3.99. The van der Waals surface area contributed by atoms with E-state index in [0.717, 1.165) is 9.90 Å². The lowest BCUT2D eigenvalue weighted by Gasteiger charge is -2.30. The van der Waals surface area contributed by atoms with E-state index in [1.54, 1.807) is 11.8 Å². The molecule has 23 heavy (non-hydrogen) atoms. The maximum atomic E-state index is 12.4. The summed E-state index contributed by atoms with van der Waals surface area (Å²) in [7, 11) is -3.24. The molecule has 1 saturated heterocycles. The molecule has 130 valence electrons. The molecule has 6 nitrogen and oxygen atoms in total. The third-order valence-electron chi connectivity index (χ3n) is 3.78. The molecule has 1 aromatic heterocycles. The first-order valence-corrected chi connectivity index (χ1v) is 11.3. The molecule has 0 aromatic carbocycles. The fourth-order valence-electron chi connectivity index (χ4n) is 2.63. The first kappa shape index (κ1) is 18.7. The summed E-state index contributed by atoms with van der Waals surface area (Å²) < 4.78 is 26.9. The van der Waals surface area contributed by atoms with Gasteiger partial charge in [0.25, 0.3) is 0 Å². The molecule has 0 bridgehead atoms. The Morgan fingerprint density at radius 2 is 2.26 bits per heavy atom. The van der Waals surface area contributed by atoms with Gasteiger partial charge in [-0.05, 0) is 32.4 Å². The monoisotopic (exact) mass is 377 g/mol. The van der Waals surface area contributed by atoms with Crippen molar-refractivity contribution < 1.29 is 13.2 Å². The zero-order valence-corrected chi connectivity index (χ0v) is 16.1. The molecule has 1 atom stereocenters. The Labute approximate surface area is 146 Å². The van der Waals surface area contributed by atoms with Crippen LogP contribution in [0.3, 0.4) is 0 Å². The summed E-state index contributed by atoms with van der Waals surface area (Å²) in [4.78, 5) is 16.8. The minimum absolute atomic E-state index is 0.136. The van der Waals surface area contributed by atoms with Crippen LogP contribution in [-0.2, 0) is 14.8 Å². The molecule has 0 aliphatic carbocycles. The van der Waals surface area contributed by atoms with Crippen LogP contribution in [0.5, 0.6) is 0 Å². The van der Waals surface area contributed by atoms with Crippen molar-refractivity contribution in [2.45, 2.75) is 37.3 Å². The van der Waals surface area contributed by atoms with Gasteiger partial charge in [0.05, 0.1) is 21.6 Å². The van der Waals surface area contributed by atoms with Crippen molar-refractivity contribution in [1.29, 1.82) is 0 Å². The van der Waals surface area contributed by atoms with E-state index in [-0.39, 0.29) is 24.1 Å². The number of thiazole rings is 1. The summed E-state index contributed by atoms with van der Waals surface area (Å²) in [5.41, 5.74) is 0.911. The van der Waals surface area contributed by atoms with E-state index in [1.807, 2.05) is 20.1 Å². The highest BCUT2D eigenvalue weighted by Crippen LogP contribution is 2.31. The van der Waals surface area contributed by atoms with Crippen LogP contribution in [0.25, 0.3) is 0 Å². The normalized spacial score (nSPS) is 19.7. The number of carbonyl (C=O) groups is 1. The maximum absolute atomic E-state index is 12.4. The van der Waals surface area contributed by atoms with Crippen molar-refractivity contribution >= 4 is 44.2 Å². The quantitative estimate of drug-likeness (QED) is 0.771. The van der Waals surface area contributed by atoms with Gasteiger partial charge in [-0.1, -0.05) is 18.3 Å². The average molecular weight is 378 g/mol. The summed E-state index contributed by atoms with van der Waals surface area (Å²) in [5, 5.41) is 3.43. The number of piperidine rings is 1. The maximum Gasteiger partial charge on any atom is 0.230 e. The van der Waals surface area contributed by atoms with E-state index < -0.39 is 10.0 Å². The standard InChI is InChI=1S/C14H23N3O3S3/c1-4-8-23(19,20)17-7-5-6-11(9-17)12(18)16-14-15-10(2)13(21-3)22-14/h11H,4-9H2,1-3H3,(H,15,16,18). The van der Waals surface area contributed by atoms with E-state index in [0.29, 0.717) is 30.9 Å². The van der Waals surface area contributed by atoms with Gasteiger partial charge < -0.3 is 5.32 Å². The van der Waals surface area contributed by atoms with Crippen LogP contribution in [0.4, 0.5) is 5.13 Å². The lowest BCUT2D eigenvalue weighted by atomic mass is 9.99. The van der Waals surface area contributed by atoms with E-state index in [2.05, 4.69) is 10.3 Å². The van der Waals surface area contributed by atoms with Gasteiger partial charge >= 0.3 is 0 Å². The average Bonchev–Trinajstić information content (AvgIpc) is 2.87. The van der Waals surface area contributed by atoms with Crippen LogP contribution >= 0.6 is 23.1 Å². The molecule has 1 amide bonds. The van der Waals surface area contributed by atoms with Crippen LogP contribution in [0.15, 0.2) is 4.21 Å². The summed E-state index contributed by atoms with van der Waals surface area (Å²) in [6.45, 7) is 4.55. The molecule has 2 rings (SSSR count). The Bertz CT molecular complexity index is 657. The molecule has 0 spiro atoms. The molecule has 0 saturated carbocycles. The number of nitrogens with zero attached hydrogens (tertiary/aromatic N) is 2. The van der Waals surface area contributed by atoms with E-state index >= 15 is 0 Å². The third kappa shape index (κ3) is 4.68. The van der Waals surface area contributed by atoms with E-state index in [9.17, 15) is 13.2 Å². The number of anilines is 1. The SMILES string of the molecule is CCCS(=O)(=O)N1CCCC(C(=O)Nc2nc(C)c(SC)s2)C1. The smallest absolute Gasteiger partial charge is 0.230 e. The van der Waals surface area contributed by atoms with Crippen molar-refractivity contribution in [2.75, 3.05) is 30.4 Å². The van der Waals surface area contributed by atoms with Gasteiger partial charge in [0.2, 0.25) is 15.9 Å². The number of rotatable bonds is 6. The molecular formula is C14H23N3O3S3. The number of sulfonamides is 1. The van der Waals surface area contributed by atoms with Crippen LogP contribution < -0.4 is 5.32 Å². The Hall–Kier alpha value is -0.640. The van der Waals surface area contributed by atoms with Crippen LogP contribution in [-0.4, -0.2) is 48.7 Å². The van der Waals surface area contributed by atoms with E-state index in [1.165, 1.54) is 15.6 Å². The fourth-order valence-corrected chi connectivity index (χ4v) is 5.83. The van der Waals surface area contributed by atoms with Crippen molar-refractivity contribution in [3.05, 3.63) is 5.69 Å². The number of carbonyl (C=O) groups excluding carboxylic acids is 1. The van der Waals surface area contributed by atoms with Crippen LogP contribution in [0.1, 0.15) is 31.9 Å². The Morgan fingerprint density at radius 1 is 1.52 bits per heavy atom. The van der Waals surface area contributed by atoms with Crippen molar-refractivity contribution in [2.24, 2.45) is 5.92 Å². The lowest BCUT2D eigenvalue weighted by molar-refractivity contribution is -0.120. The third-order valence-corrected chi connectivity index (χ3v) is 8.11. The predicted molar refractivity (Wildman–Crippen MR) is 95.6 cm³/mol. The predicted octanol–water partition coefficient (Wildman–Crippen LogP) is 2.56. The summed E-state index contributed by atoms with van der Waals surface area (Å²) in [6, 6.07) is 0. The number of aryl methyl sites for hydroxylation is 1. The zero-order valence-electron chi connectivity index (χ0n) is 13.7. The Balaban J connectivity index is 2.01. The highest BCUT2D eigenvalue weighted by Gasteiger charge is 2.32. The summed E-state index contributed by atoms with van der Waals surface area (Å²) >= 11 is 3.06. The Kier molecular flexibility index (Phi) is 6.47. The lowest BCUT2D eigenvalue weighted by Crippen LogP contribution is -2.44. The number of nitrogens with one attached hydrogen (secondary N) is 1. The van der Waals surface area contributed by atoms with E-state index in [4.69, 9.17) is 0 Å². The highest BCUT2D eigenvalue weighted by molar-refractivity contribution is 8.00. The highest BCUT2D eigenvalue weighted by atomic mass is 32.2. The topological polar surface area (TPSA) is 79.4 Å². The molecule has 9 heteroatoms. The van der Waals surface area contributed by atoms with Crippen molar-refractivity contribution in [3.8, 4) is 0 Å². The van der Waals surface area contributed by atoms with Gasteiger partial charge in [0, 0.05) is 13.1 Å². The van der Waals surface area contributed by atoms with Crippen molar-refractivity contribution in [3.63, 3.8) is 0 Å². The minimum atomic E-state index is -3.24. The molecule has 1 unspecified atom stereocenters. The van der Waals surface area contributed by atoms with Gasteiger partial charge in [-0.3, -0.25) is 4.79 Å². The first-order chi connectivity index (χ1) is 10.9. The largest absolute Gasteiger partial charge is 0.302 e. The van der Waals surface area contributed by atoms with Gasteiger partial charge in [-0.2, -0.15) is 0 Å². The van der Waals surface area contributed by atoms with Gasteiger partial charge in [0.1, 0.15) is 0 Å². The second kappa shape index (κ2) is 7.96. The fraction of sp³-hybridized carbons (Fsp3) is 0.714. The number of amides is 1. The van der Waals surface area contributed by atoms with Gasteiger partial charge in [-0.25, -0.2) is 17.7 Å².